The Bertz CT molecular complexity index is 626. The van der Waals surface area contributed by atoms with Gasteiger partial charge in [-0.3, -0.25) is 14.5 Å². The van der Waals surface area contributed by atoms with E-state index in [0.717, 1.165) is 25.7 Å². The fraction of sp³-hybridized carbons (Fsp3) is 0.810. The van der Waals surface area contributed by atoms with Gasteiger partial charge in [-0.05, 0) is 67.3 Å². The summed E-state index contributed by atoms with van der Waals surface area (Å²) in [6.45, 7) is 10.3. The topological polar surface area (TPSA) is 59.1 Å². The van der Waals surface area contributed by atoms with Gasteiger partial charge in [0.2, 0.25) is 0 Å². The van der Waals surface area contributed by atoms with Crippen LogP contribution in [0.5, 0.6) is 0 Å². The number of Topliss-reactive ketones (excluding diaryl/α,β-unsaturated/α-hetero) is 1. The van der Waals surface area contributed by atoms with Crippen molar-refractivity contribution in [2.24, 2.45) is 11.8 Å². The van der Waals surface area contributed by atoms with Gasteiger partial charge in [0.15, 0.2) is 0 Å². The van der Waals surface area contributed by atoms with Crippen molar-refractivity contribution in [3.63, 3.8) is 0 Å². The molecule has 2 saturated heterocycles. The molecule has 26 heavy (non-hydrogen) atoms. The quantitative estimate of drug-likeness (QED) is 0.436. The Kier molecular flexibility index (Phi) is 5.08. The number of hydrogen-bond acceptors (Lipinski definition) is 5. The van der Waals surface area contributed by atoms with Crippen molar-refractivity contribution in [2.45, 2.75) is 83.6 Å². The summed E-state index contributed by atoms with van der Waals surface area (Å²) in [6, 6.07) is 0. The number of fused-ring (bicyclic) bond motifs is 3. The molecule has 0 aromatic heterocycles. The fourth-order valence-electron chi connectivity index (χ4n) is 4.34. The molecule has 0 amide bonds. The van der Waals surface area contributed by atoms with Gasteiger partial charge in [0, 0.05) is 12.5 Å². The predicted molar refractivity (Wildman–Crippen MR) is 99.8 cm³/mol. The van der Waals surface area contributed by atoms with Crippen LogP contribution in [-0.4, -0.2) is 53.6 Å². The molecule has 0 radical (unpaired) electrons. The fourth-order valence-corrected chi connectivity index (χ4v) is 4.34. The lowest BCUT2D eigenvalue weighted by Gasteiger charge is -2.35. The largest absolute Gasteiger partial charge is 0.459 e. The Hall–Kier alpha value is -1.20. The zero-order valence-electron chi connectivity index (χ0n) is 17.0. The van der Waals surface area contributed by atoms with Gasteiger partial charge in [0.05, 0.1) is 17.1 Å². The van der Waals surface area contributed by atoms with Crippen LogP contribution in [0.2, 0.25) is 0 Å². The third kappa shape index (κ3) is 3.48. The lowest BCUT2D eigenvalue weighted by atomic mass is 9.80. The van der Waals surface area contributed by atoms with E-state index < -0.39 is 5.54 Å². The molecule has 0 aromatic rings. The molecule has 2 fully saturated rings. The minimum Gasteiger partial charge on any atom is -0.459 e. The van der Waals surface area contributed by atoms with Crippen LogP contribution in [0.15, 0.2) is 11.6 Å². The van der Waals surface area contributed by atoms with Gasteiger partial charge in [-0.25, -0.2) is 0 Å². The third-order valence-electron chi connectivity index (χ3n) is 7.02. The SMILES string of the molecule is CC(=O)C(C)(C)N(C)CC1C(=O)OC2C1CC/C(C)=C/CCC1(C)OC21. The van der Waals surface area contributed by atoms with Crippen molar-refractivity contribution in [1.29, 1.82) is 0 Å². The van der Waals surface area contributed by atoms with Gasteiger partial charge >= 0.3 is 5.97 Å². The average molecular weight is 363 g/mol. The van der Waals surface area contributed by atoms with Crippen LogP contribution in [0.3, 0.4) is 0 Å². The number of hydrogen-bond donors (Lipinski definition) is 0. The van der Waals surface area contributed by atoms with Crippen molar-refractivity contribution >= 4 is 11.8 Å². The van der Waals surface area contributed by atoms with Gasteiger partial charge in [0.25, 0.3) is 0 Å². The second-order valence-corrected chi connectivity index (χ2v) is 9.15. The third-order valence-corrected chi connectivity index (χ3v) is 7.02. The first-order valence-corrected chi connectivity index (χ1v) is 9.82. The number of ketones is 1. The van der Waals surface area contributed by atoms with Crippen LogP contribution in [0.4, 0.5) is 0 Å². The Balaban J connectivity index is 1.81. The zero-order chi connectivity index (χ0) is 19.3. The first-order valence-electron chi connectivity index (χ1n) is 9.82. The van der Waals surface area contributed by atoms with Crippen LogP contribution in [0, 0.1) is 11.8 Å². The number of carbonyl (C=O) groups is 2. The molecule has 5 heteroatoms. The van der Waals surface area contributed by atoms with E-state index in [4.69, 9.17) is 9.47 Å². The number of ether oxygens (including phenoxy) is 2. The molecule has 3 rings (SSSR count). The number of allylic oxidation sites excluding steroid dienone is 2. The number of esters is 1. The predicted octanol–water partition coefficient (Wildman–Crippen LogP) is 3.12. The molecule has 0 N–H and O–H groups in total. The van der Waals surface area contributed by atoms with E-state index in [1.807, 2.05) is 25.8 Å². The highest BCUT2D eigenvalue weighted by molar-refractivity contribution is 5.85. The molecule has 2 heterocycles. The summed E-state index contributed by atoms with van der Waals surface area (Å²) in [6.07, 6.45) is 6.06. The molecule has 1 aliphatic carbocycles. The zero-order valence-corrected chi connectivity index (χ0v) is 17.0. The highest BCUT2D eigenvalue weighted by Gasteiger charge is 2.62. The van der Waals surface area contributed by atoms with Crippen molar-refractivity contribution in [2.75, 3.05) is 13.6 Å². The Morgan fingerprint density at radius 3 is 2.77 bits per heavy atom. The van der Waals surface area contributed by atoms with Crippen molar-refractivity contribution in [3.05, 3.63) is 11.6 Å². The van der Waals surface area contributed by atoms with E-state index in [1.165, 1.54) is 5.57 Å². The number of epoxide rings is 1. The number of carbonyl (C=O) groups excluding carboxylic acids is 2. The van der Waals surface area contributed by atoms with Crippen LogP contribution >= 0.6 is 0 Å². The van der Waals surface area contributed by atoms with Gasteiger partial charge < -0.3 is 9.47 Å². The minimum atomic E-state index is -0.589. The van der Waals surface area contributed by atoms with Gasteiger partial charge in [0.1, 0.15) is 18.0 Å². The summed E-state index contributed by atoms with van der Waals surface area (Å²) in [5, 5.41) is 0. The minimum absolute atomic E-state index is 0.0133. The average Bonchev–Trinajstić information content (AvgIpc) is 3.12. The molecule has 5 unspecified atom stereocenters. The lowest BCUT2D eigenvalue weighted by molar-refractivity contribution is -0.146. The molecule has 0 bridgehead atoms. The van der Waals surface area contributed by atoms with Crippen LogP contribution in [0.1, 0.15) is 60.3 Å². The van der Waals surface area contributed by atoms with Crippen LogP contribution in [-0.2, 0) is 19.1 Å². The monoisotopic (exact) mass is 363 g/mol. The molecule has 0 spiro atoms. The van der Waals surface area contributed by atoms with Crippen molar-refractivity contribution in [3.8, 4) is 0 Å². The maximum atomic E-state index is 12.7. The second-order valence-electron chi connectivity index (χ2n) is 9.15. The maximum absolute atomic E-state index is 12.7. The molecule has 0 saturated carbocycles. The summed E-state index contributed by atoms with van der Waals surface area (Å²) >= 11 is 0. The van der Waals surface area contributed by atoms with Crippen LogP contribution in [0.25, 0.3) is 0 Å². The molecule has 5 nitrogen and oxygen atoms in total. The van der Waals surface area contributed by atoms with Gasteiger partial charge in [-0.1, -0.05) is 11.6 Å². The van der Waals surface area contributed by atoms with E-state index in [0.29, 0.717) is 6.54 Å². The van der Waals surface area contributed by atoms with E-state index in [2.05, 4.69) is 19.9 Å². The molecule has 2 aliphatic heterocycles. The molecule has 0 aromatic carbocycles. The van der Waals surface area contributed by atoms with Gasteiger partial charge in [-0.2, -0.15) is 0 Å². The summed E-state index contributed by atoms with van der Waals surface area (Å²) in [4.78, 5) is 26.7. The summed E-state index contributed by atoms with van der Waals surface area (Å²) in [7, 11) is 1.92. The maximum Gasteiger partial charge on any atom is 0.311 e. The number of rotatable bonds is 4. The Morgan fingerprint density at radius 2 is 2.12 bits per heavy atom. The molecule has 5 atom stereocenters. The van der Waals surface area contributed by atoms with Gasteiger partial charge in [-0.15, -0.1) is 0 Å². The van der Waals surface area contributed by atoms with Crippen molar-refractivity contribution in [1.82, 2.24) is 4.90 Å². The van der Waals surface area contributed by atoms with Crippen LogP contribution < -0.4 is 0 Å². The van der Waals surface area contributed by atoms with E-state index in [-0.39, 0.29) is 41.4 Å². The Labute approximate surface area is 157 Å². The standard InChI is InChI=1S/C21H33NO4/c1-13-8-7-11-21(5)18(26-21)17-15(10-9-13)16(19(24)25-17)12-22(6)20(3,4)14(2)23/h8,15-18H,7,9-12H2,1-6H3/b13-8+. The first kappa shape index (κ1) is 19.6. The van der Waals surface area contributed by atoms with E-state index in [9.17, 15) is 9.59 Å². The highest BCUT2D eigenvalue weighted by Crippen LogP contribution is 2.50. The smallest absolute Gasteiger partial charge is 0.311 e. The Morgan fingerprint density at radius 1 is 1.42 bits per heavy atom. The molecule has 146 valence electrons. The molecule has 3 aliphatic rings. The summed E-state index contributed by atoms with van der Waals surface area (Å²) in [5.41, 5.74) is 0.618. The summed E-state index contributed by atoms with van der Waals surface area (Å²) < 4.78 is 11.9. The number of likely N-dealkylation sites (N-methyl/N-ethyl adjacent to an activating group) is 1. The van der Waals surface area contributed by atoms with Crippen molar-refractivity contribution < 1.29 is 19.1 Å². The number of nitrogens with zero attached hydrogens (tertiary/aromatic N) is 1. The highest BCUT2D eigenvalue weighted by atomic mass is 16.6. The molecular formula is C21H33NO4. The lowest BCUT2D eigenvalue weighted by Crippen LogP contribution is -2.50. The molecular weight excluding hydrogens is 330 g/mol. The normalized spacial score (nSPS) is 39.5. The van der Waals surface area contributed by atoms with E-state index >= 15 is 0 Å². The summed E-state index contributed by atoms with van der Waals surface area (Å²) in [5.74, 6) is -0.0963. The van der Waals surface area contributed by atoms with E-state index in [1.54, 1.807) is 6.92 Å². The first-order chi connectivity index (χ1) is 12.1. The second kappa shape index (κ2) is 6.75.